The molecule has 1 amide bonds. The molecule has 0 saturated heterocycles. The van der Waals surface area contributed by atoms with Crippen molar-refractivity contribution in [3.63, 3.8) is 0 Å². The van der Waals surface area contributed by atoms with Crippen molar-refractivity contribution in [1.29, 1.82) is 0 Å². The first-order valence-corrected chi connectivity index (χ1v) is 5.04. The van der Waals surface area contributed by atoms with E-state index in [0.29, 0.717) is 5.56 Å². The lowest BCUT2D eigenvalue weighted by Gasteiger charge is -2.07. The topological polar surface area (TPSA) is 62.2 Å². The van der Waals surface area contributed by atoms with Crippen LogP contribution in [0.5, 0.6) is 0 Å². The van der Waals surface area contributed by atoms with Crippen molar-refractivity contribution in [1.82, 2.24) is 10.3 Å². The van der Waals surface area contributed by atoms with Crippen molar-refractivity contribution in [2.45, 2.75) is 13.0 Å². The number of nitrogens with zero attached hydrogens (tertiary/aromatic N) is 1. The standard InChI is InChI=1S/C9H10Cl2N2O2/c1-5(14)4-12-9(15)6-2-7(10)13-8(11)3-6/h2-3,5,14H,4H2,1H3,(H,12,15)/t5-/m1/s1. The van der Waals surface area contributed by atoms with E-state index in [9.17, 15) is 4.79 Å². The molecule has 1 aromatic rings. The number of rotatable bonds is 3. The van der Waals surface area contributed by atoms with Crippen LogP contribution in [0.25, 0.3) is 0 Å². The molecule has 0 aromatic carbocycles. The average molecular weight is 249 g/mol. The fourth-order valence-corrected chi connectivity index (χ4v) is 1.40. The van der Waals surface area contributed by atoms with Crippen molar-refractivity contribution in [2.24, 2.45) is 0 Å². The third-order valence-electron chi connectivity index (χ3n) is 1.58. The minimum Gasteiger partial charge on any atom is -0.392 e. The van der Waals surface area contributed by atoms with Crippen LogP contribution in [0.4, 0.5) is 0 Å². The highest BCUT2D eigenvalue weighted by atomic mass is 35.5. The van der Waals surface area contributed by atoms with E-state index in [1.54, 1.807) is 6.92 Å². The molecule has 1 atom stereocenters. The molecular formula is C9H10Cl2N2O2. The van der Waals surface area contributed by atoms with Crippen LogP contribution < -0.4 is 5.32 Å². The number of aromatic nitrogens is 1. The number of pyridine rings is 1. The quantitative estimate of drug-likeness (QED) is 0.798. The minimum atomic E-state index is -0.596. The number of halogens is 2. The Morgan fingerprint density at radius 3 is 2.53 bits per heavy atom. The second-order valence-corrected chi connectivity index (χ2v) is 3.83. The highest BCUT2D eigenvalue weighted by Gasteiger charge is 2.08. The number of nitrogens with one attached hydrogen (secondary N) is 1. The molecule has 0 aliphatic rings. The normalized spacial score (nSPS) is 12.3. The predicted octanol–water partition coefficient (Wildman–Crippen LogP) is 1.50. The van der Waals surface area contributed by atoms with Crippen LogP contribution in [0.15, 0.2) is 12.1 Å². The van der Waals surface area contributed by atoms with Crippen LogP contribution in [0.1, 0.15) is 17.3 Å². The Morgan fingerprint density at radius 2 is 2.07 bits per heavy atom. The smallest absolute Gasteiger partial charge is 0.251 e. The highest BCUT2D eigenvalue weighted by Crippen LogP contribution is 2.14. The maximum atomic E-state index is 11.5. The van der Waals surface area contributed by atoms with Gasteiger partial charge in [-0.15, -0.1) is 0 Å². The van der Waals surface area contributed by atoms with Crippen LogP contribution in [-0.4, -0.2) is 28.6 Å². The molecule has 6 heteroatoms. The van der Waals surface area contributed by atoms with Crippen molar-refractivity contribution in [3.05, 3.63) is 28.0 Å². The Labute approximate surface area is 97.2 Å². The summed E-state index contributed by atoms with van der Waals surface area (Å²) in [6, 6.07) is 2.82. The molecule has 0 radical (unpaired) electrons. The first kappa shape index (κ1) is 12.2. The van der Waals surface area contributed by atoms with Gasteiger partial charge in [-0.1, -0.05) is 23.2 Å². The summed E-state index contributed by atoms with van der Waals surface area (Å²) >= 11 is 11.3. The molecule has 0 aliphatic carbocycles. The minimum absolute atomic E-state index is 0.157. The second-order valence-electron chi connectivity index (χ2n) is 3.06. The van der Waals surface area contributed by atoms with Gasteiger partial charge in [0.25, 0.3) is 5.91 Å². The Bertz CT molecular complexity index is 349. The zero-order chi connectivity index (χ0) is 11.4. The van der Waals surface area contributed by atoms with Gasteiger partial charge in [0.2, 0.25) is 0 Å². The third kappa shape index (κ3) is 4.03. The molecule has 1 heterocycles. The fourth-order valence-electron chi connectivity index (χ4n) is 0.938. The maximum Gasteiger partial charge on any atom is 0.251 e. The number of amides is 1. The zero-order valence-corrected chi connectivity index (χ0v) is 9.51. The van der Waals surface area contributed by atoms with Gasteiger partial charge in [-0.3, -0.25) is 4.79 Å². The summed E-state index contributed by atoms with van der Waals surface area (Å²) in [5, 5.41) is 11.8. The van der Waals surface area contributed by atoms with Crippen LogP contribution in [-0.2, 0) is 0 Å². The predicted molar refractivity (Wildman–Crippen MR) is 58.3 cm³/mol. The van der Waals surface area contributed by atoms with E-state index in [4.69, 9.17) is 28.3 Å². The lowest BCUT2D eigenvalue weighted by Crippen LogP contribution is -2.30. The molecule has 1 rings (SSSR count). The van der Waals surface area contributed by atoms with Crippen molar-refractivity contribution >= 4 is 29.1 Å². The van der Waals surface area contributed by atoms with E-state index >= 15 is 0 Å². The Kier molecular flexibility index (Phi) is 4.32. The van der Waals surface area contributed by atoms with Gasteiger partial charge in [0, 0.05) is 12.1 Å². The average Bonchev–Trinajstić information content (AvgIpc) is 2.12. The molecular weight excluding hydrogens is 239 g/mol. The summed E-state index contributed by atoms with van der Waals surface area (Å²) in [4.78, 5) is 15.2. The number of aliphatic hydroxyl groups is 1. The van der Waals surface area contributed by atoms with E-state index in [-0.39, 0.29) is 22.8 Å². The van der Waals surface area contributed by atoms with Gasteiger partial charge in [0.1, 0.15) is 10.3 Å². The van der Waals surface area contributed by atoms with Gasteiger partial charge in [-0.25, -0.2) is 4.98 Å². The van der Waals surface area contributed by atoms with E-state index in [1.165, 1.54) is 12.1 Å². The molecule has 0 spiro atoms. The molecule has 0 fully saturated rings. The van der Waals surface area contributed by atoms with Crippen LogP contribution in [0.2, 0.25) is 10.3 Å². The summed E-state index contributed by atoms with van der Waals surface area (Å²) < 4.78 is 0. The van der Waals surface area contributed by atoms with Gasteiger partial charge in [-0.2, -0.15) is 0 Å². The summed E-state index contributed by atoms with van der Waals surface area (Å²) in [6.07, 6.45) is -0.596. The Hall–Kier alpha value is -0.840. The van der Waals surface area contributed by atoms with Crippen LogP contribution >= 0.6 is 23.2 Å². The SMILES string of the molecule is C[C@@H](O)CNC(=O)c1cc(Cl)nc(Cl)c1. The van der Waals surface area contributed by atoms with Gasteiger partial charge < -0.3 is 10.4 Å². The second kappa shape index (κ2) is 5.30. The molecule has 1 aromatic heterocycles. The number of hydrogen-bond donors (Lipinski definition) is 2. The monoisotopic (exact) mass is 248 g/mol. The van der Waals surface area contributed by atoms with Crippen molar-refractivity contribution in [3.8, 4) is 0 Å². The third-order valence-corrected chi connectivity index (χ3v) is 1.97. The number of carbonyl (C=O) groups is 1. The summed E-state index contributed by atoms with van der Waals surface area (Å²) in [6.45, 7) is 1.75. The van der Waals surface area contributed by atoms with Crippen molar-refractivity contribution in [2.75, 3.05) is 6.54 Å². The van der Waals surface area contributed by atoms with Gasteiger partial charge in [-0.05, 0) is 19.1 Å². The van der Waals surface area contributed by atoms with Crippen molar-refractivity contribution < 1.29 is 9.90 Å². The first-order valence-electron chi connectivity index (χ1n) is 4.28. The number of aliphatic hydroxyl groups excluding tert-OH is 1. The molecule has 0 aliphatic heterocycles. The molecule has 0 saturated carbocycles. The van der Waals surface area contributed by atoms with E-state index < -0.39 is 6.10 Å². The Morgan fingerprint density at radius 1 is 1.53 bits per heavy atom. The fraction of sp³-hybridized carbons (Fsp3) is 0.333. The largest absolute Gasteiger partial charge is 0.392 e. The molecule has 2 N–H and O–H groups in total. The Balaban J connectivity index is 2.73. The van der Waals surface area contributed by atoms with Crippen LogP contribution in [0.3, 0.4) is 0 Å². The molecule has 4 nitrogen and oxygen atoms in total. The van der Waals surface area contributed by atoms with Crippen LogP contribution in [0, 0.1) is 0 Å². The number of hydrogen-bond acceptors (Lipinski definition) is 3. The van der Waals surface area contributed by atoms with E-state index in [2.05, 4.69) is 10.3 Å². The zero-order valence-electron chi connectivity index (χ0n) is 8.00. The highest BCUT2D eigenvalue weighted by molar-refractivity contribution is 6.33. The lowest BCUT2D eigenvalue weighted by atomic mass is 10.2. The number of carbonyl (C=O) groups excluding carboxylic acids is 1. The van der Waals surface area contributed by atoms with Gasteiger partial charge >= 0.3 is 0 Å². The molecule has 0 unspecified atom stereocenters. The summed E-state index contributed by atoms with van der Waals surface area (Å²) in [5.74, 6) is -0.345. The molecule has 82 valence electrons. The molecule has 0 bridgehead atoms. The van der Waals surface area contributed by atoms with Gasteiger partial charge in [0.05, 0.1) is 6.10 Å². The summed E-state index contributed by atoms with van der Waals surface area (Å²) in [5.41, 5.74) is 0.320. The molecule has 15 heavy (non-hydrogen) atoms. The summed E-state index contributed by atoms with van der Waals surface area (Å²) in [7, 11) is 0. The lowest BCUT2D eigenvalue weighted by molar-refractivity contribution is 0.0924. The first-order chi connectivity index (χ1) is 6.99. The maximum absolute atomic E-state index is 11.5. The van der Waals surface area contributed by atoms with Gasteiger partial charge in [0.15, 0.2) is 0 Å². The van der Waals surface area contributed by atoms with E-state index in [1.807, 2.05) is 0 Å². The van der Waals surface area contributed by atoms with E-state index in [0.717, 1.165) is 0 Å².